The Bertz CT molecular complexity index is 568. The fourth-order valence-electron chi connectivity index (χ4n) is 3.50. The van der Waals surface area contributed by atoms with Gasteiger partial charge in [-0.1, -0.05) is 12.8 Å². The highest BCUT2D eigenvalue weighted by Crippen LogP contribution is 2.25. The van der Waals surface area contributed by atoms with Crippen LogP contribution in [0, 0.1) is 0 Å². The van der Waals surface area contributed by atoms with Crippen LogP contribution >= 0.6 is 0 Å². The molecule has 1 aliphatic rings. The maximum Gasteiger partial charge on any atom is 0.305 e. The number of esters is 1. The summed E-state index contributed by atoms with van der Waals surface area (Å²) in [6, 6.07) is 4.19. The van der Waals surface area contributed by atoms with E-state index in [0.29, 0.717) is 13.0 Å². The van der Waals surface area contributed by atoms with Crippen molar-refractivity contribution in [3.05, 3.63) is 24.2 Å². The topological polar surface area (TPSA) is 79.1 Å². The molecule has 1 unspecified atom stereocenters. The molecule has 7 heteroatoms. The minimum absolute atomic E-state index is 0.135. The van der Waals surface area contributed by atoms with Gasteiger partial charge in [0.15, 0.2) is 5.96 Å². The summed E-state index contributed by atoms with van der Waals surface area (Å²) >= 11 is 0. The smallest absolute Gasteiger partial charge is 0.305 e. The first kappa shape index (κ1) is 22.3. The summed E-state index contributed by atoms with van der Waals surface area (Å²) in [6.07, 6.45) is 8.87. The van der Waals surface area contributed by atoms with Crippen molar-refractivity contribution in [3.63, 3.8) is 0 Å². The number of methoxy groups -OCH3 is 1. The van der Waals surface area contributed by atoms with E-state index in [1.54, 1.807) is 6.26 Å². The standard InChI is InChI=1S/C21H36N4O3/c1-3-22-21(23-13-7-4-6-12-20(26)27-2)24-17-18(19-11-10-16-28-19)25-14-8-5-9-15-25/h10-11,16,18H,3-9,12-15,17H2,1-2H3,(H2,22,23,24). The summed E-state index contributed by atoms with van der Waals surface area (Å²) < 4.78 is 10.4. The fourth-order valence-corrected chi connectivity index (χ4v) is 3.50. The highest BCUT2D eigenvalue weighted by atomic mass is 16.5. The van der Waals surface area contributed by atoms with Crippen LogP contribution in [0.2, 0.25) is 0 Å². The largest absolute Gasteiger partial charge is 0.469 e. The number of likely N-dealkylation sites (tertiary alicyclic amines) is 1. The van der Waals surface area contributed by atoms with Gasteiger partial charge in [0.2, 0.25) is 0 Å². The Balaban J connectivity index is 1.83. The first-order valence-corrected chi connectivity index (χ1v) is 10.6. The molecule has 1 saturated heterocycles. The van der Waals surface area contributed by atoms with Crippen LogP contribution in [0.1, 0.15) is 63.7 Å². The van der Waals surface area contributed by atoms with Crippen molar-refractivity contribution in [1.82, 2.24) is 15.5 Å². The van der Waals surface area contributed by atoms with E-state index < -0.39 is 0 Å². The molecule has 1 aromatic heterocycles. The molecule has 2 rings (SSSR count). The van der Waals surface area contributed by atoms with Crippen molar-refractivity contribution in [2.45, 2.75) is 57.9 Å². The molecule has 1 aliphatic heterocycles. The molecule has 0 spiro atoms. The van der Waals surface area contributed by atoms with Gasteiger partial charge in [-0.2, -0.15) is 0 Å². The monoisotopic (exact) mass is 392 g/mol. The quantitative estimate of drug-likeness (QED) is 0.261. The normalized spacial score (nSPS) is 16.6. The number of carbonyl (C=O) groups is 1. The van der Waals surface area contributed by atoms with E-state index in [-0.39, 0.29) is 12.0 Å². The van der Waals surface area contributed by atoms with Crippen LogP contribution in [-0.2, 0) is 9.53 Å². The summed E-state index contributed by atoms with van der Waals surface area (Å²) in [6.45, 7) is 6.61. The Kier molecular flexibility index (Phi) is 10.5. The van der Waals surface area contributed by atoms with Crippen molar-refractivity contribution >= 4 is 11.9 Å². The van der Waals surface area contributed by atoms with Gasteiger partial charge < -0.3 is 19.8 Å². The molecule has 0 saturated carbocycles. The van der Waals surface area contributed by atoms with Crippen LogP contribution in [0.25, 0.3) is 0 Å². The summed E-state index contributed by atoms with van der Waals surface area (Å²) in [5.41, 5.74) is 0. The minimum atomic E-state index is -0.135. The number of rotatable bonds is 11. The van der Waals surface area contributed by atoms with Gasteiger partial charge in [-0.05, 0) is 57.8 Å². The molecule has 2 N–H and O–H groups in total. The number of hydrogen-bond acceptors (Lipinski definition) is 5. The van der Waals surface area contributed by atoms with Crippen molar-refractivity contribution in [1.29, 1.82) is 0 Å². The number of unbranched alkanes of at least 4 members (excludes halogenated alkanes) is 2. The zero-order chi connectivity index (χ0) is 20.0. The predicted octanol–water partition coefficient (Wildman–Crippen LogP) is 3.10. The summed E-state index contributed by atoms with van der Waals surface area (Å²) in [5.74, 6) is 1.69. The molecule has 0 aliphatic carbocycles. The van der Waals surface area contributed by atoms with Gasteiger partial charge in [0, 0.05) is 19.5 Å². The zero-order valence-corrected chi connectivity index (χ0v) is 17.4. The van der Waals surface area contributed by atoms with E-state index in [9.17, 15) is 4.79 Å². The molecule has 1 aromatic rings. The molecule has 7 nitrogen and oxygen atoms in total. The summed E-state index contributed by atoms with van der Waals surface area (Å²) in [5, 5.41) is 6.72. The van der Waals surface area contributed by atoms with Gasteiger partial charge in [-0.25, -0.2) is 0 Å². The SMILES string of the molecule is CCNC(=NCC(c1ccco1)N1CCCCC1)NCCCCCC(=O)OC. The van der Waals surface area contributed by atoms with Crippen LogP contribution in [0.5, 0.6) is 0 Å². The molecule has 158 valence electrons. The lowest BCUT2D eigenvalue weighted by Gasteiger charge is -2.32. The Morgan fingerprint density at radius 2 is 2.07 bits per heavy atom. The average Bonchev–Trinajstić information content (AvgIpc) is 3.25. The van der Waals surface area contributed by atoms with E-state index in [1.807, 2.05) is 6.07 Å². The number of nitrogens with zero attached hydrogens (tertiary/aromatic N) is 2. The highest BCUT2D eigenvalue weighted by molar-refractivity contribution is 5.79. The Morgan fingerprint density at radius 1 is 1.25 bits per heavy atom. The lowest BCUT2D eigenvalue weighted by molar-refractivity contribution is -0.140. The first-order valence-electron chi connectivity index (χ1n) is 10.6. The first-order chi connectivity index (χ1) is 13.7. The van der Waals surface area contributed by atoms with Crippen molar-refractivity contribution in [3.8, 4) is 0 Å². The van der Waals surface area contributed by atoms with Crippen LogP contribution in [0.15, 0.2) is 27.8 Å². The number of carbonyl (C=O) groups excluding carboxylic acids is 1. The third-order valence-corrected chi connectivity index (χ3v) is 5.05. The molecule has 0 aromatic carbocycles. The number of nitrogens with one attached hydrogen (secondary N) is 2. The number of ether oxygens (including phenoxy) is 1. The summed E-state index contributed by atoms with van der Waals surface area (Å²) in [7, 11) is 1.43. The van der Waals surface area contributed by atoms with Crippen LogP contribution in [-0.4, -0.2) is 56.7 Å². The molecule has 1 fully saturated rings. The van der Waals surface area contributed by atoms with Crippen molar-refractivity contribution < 1.29 is 13.9 Å². The number of aliphatic imine (C=N–C) groups is 1. The van der Waals surface area contributed by atoms with Gasteiger partial charge in [0.25, 0.3) is 0 Å². The third-order valence-electron chi connectivity index (χ3n) is 5.05. The molecular weight excluding hydrogens is 356 g/mol. The molecule has 0 bridgehead atoms. The lowest BCUT2D eigenvalue weighted by Crippen LogP contribution is -2.39. The van der Waals surface area contributed by atoms with Gasteiger partial charge in [-0.15, -0.1) is 0 Å². The van der Waals surface area contributed by atoms with Crippen LogP contribution in [0.4, 0.5) is 0 Å². The summed E-state index contributed by atoms with van der Waals surface area (Å²) in [4.78, 5) is 18.4. The lowest BCUT2D eigenvalue weighted by atomic mass is 10.1. The van der Waals surface area contributed by atoms with Crippen LogP contribution < -0.4 is 10.6 Å². The maximum absolute atomic E-state index is 11.1. The van der Waals surface area contributed by atoms with E-state index >= 15 is 0 Å². The second-order valence-corrected chi connectivity index (χ2v) is 7.16. The second kappa shape index (κ2) is 13.2. The van der Waals surface area contributed by atoms with Gasteiger partial charge in [0.1, 0.15) is 5.76 Å². The molecule has 2 heterocycles. The van der Waals surface area contributed by atoms with Crippen LogP contribution in [0.3, 0.4) is 0 Å². The number of guanidine groups is 1. The van der Waals surface area contributed by atoms with Crippen molar-refractivity contribution in [2.75, 3.05) is 39.8 Å². The number of piperidine rings is 1. The van der Waals surface area contributed by atoms with Gasteiger partial charge in [-0.3, -0.25) is 14.7 Å². The average molecular weight is 393 g/mol. The number of furan rings is 1. The van der Waals surface area contributed by atoms with E-state index in [4.69, 9.17) is 9.41 Å². The van der Waals surface area contributed by atoms with E-state index in [1.165, 1.54) is 26.4 Å². The maximum atomic E-state index is 11.1. The molecule has 28 heavy (non-hydrogen) atoms. The Morgan fingerprint density at radius 3 is 2.75 bits per heavy atom. The predicted molar refractivity (Wildman–Crippen MR) is 111 cm³/mol. The highest BCUT2D eigenvalue weighted by Gasteiger charge is 2.24. The second-order valence-electron chi connectivity index (χ2n) is 7.16. The van der Waals surface area contributed by atoms with E-state index in [0.717, 1.165) is 57.2 Å². The Hall–Kier alpha value is -2.02. The van der Waals surface area contributed by atoms with Crippen molar-refractivity contribution in [2.24, 2.45) is 4.99 Å². The molecular formula is C21H36N4O3. The Labute approximate surface area is 168 Å². The van der Waals surface area contributed by atoms with Gasteiger partial charge in [0.05, 0.1) is 26.0 Å². The van der Waals surface area contributed by atoms with E-state index in [2.05, 4.69) is 33.3 Å². The number of hydrogen-bond donors (Lipinski definition) is 2. The molecule has 0 amide bonds. The fraction of sp³-hybridized carbons (Fsp3) is 0.714. The third kappa shape index (κ3) is 7.92. The zero-order valence-electron chi connectivity index (χ0n) is 17.4. The molecule has 1 atom stereocenters. The van der Waals surface area contributed by atoms with Gasteiger partial charge >= 0.3 is 5.97 Å². The minimum Gasteiger partial charge on any atom is -0.469 e. The molecule has 0 radical (unpaired) electrons.